The molecule has 0 aliphatic rings. The van der Waals surface area contributed by atoms with E-state index < -0.39 is 14.9 Å². The predicted octanol–water partition coefficient (Wildman–Crippen LogP) is 3.88. The van der Waals surface area contributed by atoms with Crippen molar-refractivity contribution < 1.29 is 18.1 Å². The van der Waals surface area contributed by atoms with Crippen LogP contribution in [0, 0.1) is 20.6 Å². The maximum atomic E-state index is 13.1. The zero-order valence-electron chi connectivity index (χ0n) is 14.5. The summed E-state index contributed by atoms with van der Waals surface area (Å²) in [5.41, 5.74) is 0.737. The second-order valence-electron chi connectivity index (χ2n) is 5.87. The number of halogens is 1. The molecular formula is C17H16IN3O5S. The Hall–Kier alpha value is -2.21. The Morgan fingerprint density at radius 3 is 2.56 bits per heavy atom. The molecule has 0 atom stereocenters. The van der Waals surface area contributed by atoms with Crippen LogP contribution in [0.3, 0.4) is 0 Å². The molecule has 0 unspecified atom stereocenters. The third kappa shape index (κ3) is 3.50. The lowest BCUT2D eigenvalue weighted by Crippen LogP contribution is -2.12. The molecular weight excluding hydrogens is 485 g/mol. The molecule has 142 valence electrons. The molecule has 2 heterocycles. The fourth-order valence-corrected chi connectivity index (χ4v) is 4.84. The van der Waals surface area contributed by atoms with Gasteiger partial charge in [0.1, 0.15) is 6.20 Å². The molecule has 8 nitrogen and oxygen atoms in total. The highest BCUT2D eigenvalue weighted by molar-refractivity contribution is 14.1. The van der Waals surface area contributed by atoms with Crippen LogP contribution in [-0.2, 0) is 10.0 Å². The van der Waals surface area contributed by atoms with Crippen LogP contribution in [0.5, 0.6) is 5.75 Å². The zero-order valence-corrected chi connectivity index (χ0v) is 17.5. The Morgan fingerprint density at radius 1 is 1.30 bits per heavy atom. The summed E-state index contributed by atoms with van der Waals surface area (Å²) in [7, 11) is -3.91. The van der Waals surface area contributed by atoms with Gasteiger partial charge in [-0.2, -0.15) is 0 Å². The molecule has 0 bridgehead atoms. The van der Waals surface area contributed by atoms with E-state index in [0.717, 1.165) is 15.7 Å². The van der Waals surface area contributed by atoms with Crippen LogP contribution in [0.4, 0.5) is 5.69 Å². The summed E-state index contributed by atoms with van der Waals surface area (Å²) >= 11 is 1.93. The van der Waals surface area contributed by atoms with Gasteiger partial charge in [0.05, 0.1) is 21.8 Å². The first-order valence-electron chi connectivity index (χ1n) is 8.06. The maximum Gasteiger partial charge on any atom is 0.329 e. The minimum atomic E-state index is -3.91. The van der Waals surface area contributed by atoms with E-state index in [9.17, 15) is 18.5 Å². The van der Waals surface area contributed by atoms with Gasteiger partial charge in [-0.15, -0.1) is 0 Å². The van der Waals surface area contributed by atoms with Crippen molar-refractivity contribution in [3.8, 4) is 5.75 Å². The van der Waals surface area contributed by atoms with Crippen LogP contribution >= 0.6 is 22.6 Å². The fraction of sp³-hybridized carbons (Fsp3) is 0.235. The second kappa shape index (κ2) is 7.43. The SMILES string of the molecule is CCCOc1c([N+](=O)[O-])cnc2c1c(I)cn2S(=O)(=O)c1ccc(C)cc1. The van der Waals surface area contributed by atoms with Crippen LogP contribution in [0.25, 0.3) is 11.0 Å². The van der Waals surface area contributed by atoms with Gasteiger partial charge in [-0.3, -0.25) is 10.1 Å². The van der Waals surface area contributed by atoms with Gasteiger partial charge in [-0.25, -0.2) is 17.4 Å². The number of nitrogens with zero attached hydrogens (tertiary/aromatic N) is 3. The smallest absolute Gasteiger partial charge is 0.329 e. The Kier molecular flexibility index (Phi) is 5.38. The van der Waals surface area contributed by atoms with Crippen LogP contribution < -0.4 is 4.74 Å². The number of hydrogen-bond acceptors (Lipinski definition) is 6. The number of aryl methyl sites for hydroxylation is 1. The number of benzene rings is 1. The number of pyridine rings is 1. The van der Waals surface area contributed by atoms with Gasteiger partial charge in [-0.05, 0) is 48.1 Å². The average molecular weight is 501 g/mol. The molecule has 27 heavy (non-hydrogen) atoms. The summed E-state index contributed by atoms with van der Waals surface area (Å²) in [6.45, 7) is 4.01. The van der Waals surface area contributed by atoms with E-state index in [2.05, 4.69) is 4.98 Å². The molecule has 3 aromatic rings. The number of hydrogen-bond donors (Lipinski definition) is 0. The molecule has 0 saturated heterocycles. The zero-order chi connectivity index (χ0) is 19.8. The van der Waals surface area contributed by atoms with E-state index in [1.165, 1.54) is 18.3 Å². The summed E-state index contributed by atoms with van der Waals surface area (Å²) in [6, 6.07) is 6.45. The predicted molar refractivity (Wildman–Crippen MR) is 109 cm³/mol. The standard InChI is InChI=1S/C17H16IN3O5S/c1-3-8-26-16-14(21(22)23)9-19-17-15(16)13(18)10-20(17)27(24,25)12-6-4-11(2)5-7-12/h4-7,9-10H,3,8H2,1-2H3. The van der Waals surface area contributed by atoms with E-state index in [0.29, 0.717) is 15.4 Å². The van der Waals surface area contributed by atoms with E-state index in [-0.39, 0.29) is 28.6 Å². The molecule has 0 saturated carbocycles. The minimum absolute atomic E-state index is 0.0362. The Labute approximate surface area is 169 Å². The molecule has 1 aromatic carbocycles. The maximum absolute atomic E-state index is 13.1. The van der Waals surface area contributed by atoms with Crippen LogP contribution in [0.1, 0.15) is 18.9 Å². The first kappa shape index (κ1) is 19.5. The van der Waals surface area contributed by atoms with Crippen molar-refractivity contribution in [2.75, 3.05) is 6.61 Å². The highest BCUT2D eigenvalue weighted by Crippen LogP contribution is 2.38. The lowest BCUT2D eigenvalue weighted by atomic mass is 10.2. The topological polar surface area (TPSA) is 104 Å². The van der Waals surface area contributed by atoms with Crippen molar-refractivity contribution in [2.45, 2.75) is 25.2 Å². The number of ether oxygens (including phenoxy) is 1. The average Bonchev–Trinajstić information content (AvgIpc) is 2.98. The Bertz CT molecular complexity index is 1120. The van der Waals surface area contributed by atoms with Gasteiger partial charge in [0.25, 0.3) is 10.0 Å². The van der Waals surface area contributed by atoms with Crippen LogP contribution in [0.2, 0.25) is 0 Å². The number of aromatic nitrogens is 2. The monoisotopic (exact) mass is 501 g/mol. The molecule has 0 aliphatic carbocycles. The van der Waals surface area contributed by atoms with E-state index in [1.807, 2.05) is 36.4 Å². The van der Waals surface area contributed by atoms with Gasteiger partial charge in [0, 0.05) is 9.77 Å². The Balaban J connectivity index is 2.27. The molecule has 0 N–H and O–H groups in total. The molecule has 3 rings (SSSR count). The highest BCUT2D eigenvalue weighted by Gasteiger charge is 2.28. The Morgan fingerprint density at radius 2 is 1.96 bits per heavy atom. The summed E-state index contributed by atoms with van der Waals surface area (Å²) in [5, 5.41) is 11.7. The third-order valence-electron chi connectivity index (χ3n) is 3.90. The van der Waals surface area contributed by atoms with E-state index in [1.54, 1.807) is 12.1 Å². The number of nitro groups is 1. The molecule has 10 heteroatoms. The lowest BCUT2D eigenvalue weighted by Gasteiger charge is -2.09. The molecule has 0 radical (unpaired) electrons. The van der Waals surface area contributed by atoms with Crippen molar-refractivity contribution in [2.24, 2.45) is 0 Å². The molecule has 0 aliphatic heterocycles. The van der Waals surface area contributed by atoms with Crippen LogP contribution in [-0.4, -0.2) is 28.9 Å². The van der Waals surface area contributed by atoms with E-state index >= 15 is 0 Å². The molecule has 2 aromatic heterocycles. The van der Waals surface area contributed by atoms with Crippen molar-refractivity contribution in [3.05, 3.63) is 55.9 Å². The highest BCUT2D eigenvalue weighted by atomic mass is 127. The van der Waals surface area contributed by atoms with Crippen molar-refractivity contribution in [3.63, 3.8) is 0 Å². The van der Waals surface area contributed by atoms with Crippen LogP contribution in [0.15, 0.2) is 41.6 Å². The number of fused-ring (bicyclic) bond motifs is 1. The lowest BCUT2D eigenvalue weighted by molar-refractivity contribution is -0.386. The molecule has 0 amide bonds. The minimum Gasteiger partial charge on any atom is -0.486 e. The largest absolute Gasteiger partial charge is 0.486 e. The van der Waals surface area contributed by atoms with E-state index in [4.69, 9.17) is 4.74 Å². The van der Waals surface area contributed by atoms with Gasteiger partial charge >= 0.3 is 5.69 Å². The first-order valence-corrected chi connectivity index (χ1v) is 10.6. The summed E-state index contributed by atoms with van der Waals surface area (Å²) in [6.07, 6.45) is 3.08. The normalized spacial score (nSPS) is 11.7. The summed E-state index contributed by atoms with van der Waals surface area (Å²) in [4.78, 5) is 14.9. The van der Waals surface area contributed by atoms with Crippen molar-refractivity contribution >= 4 is 49.3 Å². The van der Waals surface area contributed by atoms with Gasteiger partial charge in [-0.1, -0.05) is 24.6 Å². The van der Waals surface area contributed by atoms with Gasteiger partial charge in [0.2, 0.25) is 5.75 Å². The molecule has 0 fully saturated rings. The van der Waals surface area contributed by atoms with Crippen molar-refractivity contribution in [1.82, 2.24) is 8.96 Å². The second-order valence-corrected chi connectivity index (χ2v) is 8.84. The summed E-state index contributed by atoms with van der Waals surface area (Å²) < 4.78 is 33.3. The number of rotatable bonds is 6. The van der Waals surface area contributed by atoms with Gasteiger partial charge in [0.15, 0.2) is 5.65 Å². The summed E-state index contributed by atoms with van der Waals surface area (Å²) in [5.74, 6) is 0.0362. The van der Waals surface area contributed by atoms with Gasteiger partial charge < -0.3 is 4.74 Å². The quantitative estimate of drug-likeness (QED) is 0.289. The third-order valence-corrected chi connectivity index (χ3v) is 6.38. The first-order chi connectivity index (χ1) is 12.8. The molecule has 0 spiro atoms. The van der Waals surface area contributed by atoms with Crippen molar-refractivity contribution in [1.29, 1.82) is 0 Å². The fourth-order valence-electron chi connectivity index (χ4n) is 2.57.